The Morgan fingerprint density at radius 2 is 1.88 bits per heavy atom. The first-order chi connectivity index (χ1) is 12.7. The van der Waals surface area contributed by atoms with Crippen molar-refractivity contribution >= 4 is 11.8 Å². The maximum absolute atomic E-state index is 12.7. The fourth-order valence-electron chi connectivity index (χ4n) is 3.16. The van der Waals surface area contributed by atoms with Gasteiger partial charge in [0.25, 0.3) is 5.91 Å². The Balaban J connectivity index is 1.52. The summed E-state index contributed by atoms with van der Waals surface area (Å²) in [6.07, 6.45) is 3.04. The second kappa shape index (κ2) is 8.47. The van der Waals surface area contributed by atoms with Gasteiger partial charge < -0.3 is 15.0 Å². The Labute approximate surface area is 153 Å². The van der Waals surface area contributed by atoms with Crippen LogP contribution in [0.5, 0.6) is 5.75 Å². The van der Waals surface area contributed by atoms with E-state index in [0.717, 1.165) is 5.69 Å². The first-order valence-electron chi connectivity index (χ1n) is 8.79. The third-order valence-electron chi connectivity index (χ3n) is 4.66. The van der Waals surface area contributed by atoms with Crippen LogP contribution in [0, 0.1) is 5.92 Å². The summed E-state index contributed by atoms with van der Waals surface area (Å²) in [7, 11) is 1.56. The van der Waals surface area contributed by atoms with Crippen LogP contribution in [0.15, 0.2) is 48.7 Å². The van der Waals surface area contributed by atoms with Crippen LogP contribution in [0.2, 0.25) is 0 Å². The third-order valence-corrected chi connectivity index (χ3v) is 4.66. The minimum Gasteiger partial charge on any atom is -0.496 e. The minimum atomic E-state index is -0.0690. The van der Waals surface area contributed by atoms with Crippen LogP contribution in [0.25, 0.3) is 0 Å². The van der Waals surface area contributed by atoms with Gasteiger partial charge in [-0.25, -0.2) is 0 Å². The van der Waals surface area contributed by atoms with Gasteiger partial charge in [0.05, 0.1) is 24.9 Å². The van der Waals surface area contributed by atoms with Crippen molar-refractivity contribution in [2.75, 3.05) is 20.2 Å². The first-order valence-corrected chi connectivity index (χ1v) is 8.79. The first kappa shape index (κ1) is 17.9. The Morgan fingerprint density at radius 1 is 1.15 bits per heavy atom. The molecule has 1 aliphatic heterocycles. The van der Waals surface area contributed by atoms with E-state index in [1.165, 1.54) is 0 Å². The van der Waals surface area contributed by atoms with Crippen molar-refractivity contribution in [2.24, 2.45) is 5.92 Å². The number of piperidine rings is 1. The number of hydrogen-bond acceptors (Lipinski definition) is 4. The SMILES string of the molecule is COc1ccccc1C(=O)N1CCC(C(=O)NCc2ccccn2)CC1. The van der Waals surface area contributed by atoms with E-state index >= 15 is 0 Å². The van der Waals surface area contributed by atoms with Crippen LogP contribution in [-0.4, -0.2) is 41.9 Å². The van der Waals surface area contributed by atoms with Crippen LogP contribution in [0.3, 0.4) is 0 Å². The molecule has 1 aromatic heterocycles. The summed E-state index contributed by atoms with van der Waals surface area (Å²) in [6, 6.07) is 12.9. The second-order valence-electron chi connectivity index (χ2n) is 6.31. The highest BCUT2D eigenvalue weighted by atomic mass is 16.5. The third kappa shape index (κ3) is 4.20. The molecule has 2 aromatic rings. The number of rotatable bonds is 5. The molecule has 1 aromatic carbocycles. The number of pyridine rings is 1. The number of aromatic nitrogens is 1. The van der Waals surface area contributed by atoms with Gasteiger partial charge in [-0.1, -0.05) is 18.2 Å². The highest BCUT2D eigenvalue weighted by Gasteiger charge is 2.28. The van der Waals surface area contributed by atoms with E-state index in [1.54, 1.807) is 30.3 Å². The van der Waals surface area contributed by atoms with Gasteiger partial charge in [-0.15, -0.1) is 0 Å². The number of nitrogens with one attached hydrogen (secondary N) is 1. The van der Waals surface area contributed by atoms with E-state index in [0.29, 0.717) is 43.8 Å². The molecule has 3 rings (SSSR count). The molecule has 0 spiro atoms. The number of carbonyl (C=O) groups excluding carboxylic acids is 2. The van der Waals surface area contributed by atoms with E-state index in [1.807, 2.05) is 30.3 Å². The number of carbonyl (C=O) groups is 2. The smallest absolute Gasteiger partial charge is 0.257 e. The van der Waals surface area contributed by atoms with Gasteiger partial charge in [0.2, 0.25) is 5.91 Å². The Kier molecular flexibility index (Phi) is 5.84. The van der Waals surface area contributed by atoms with Gasteiger partial charge in [0.15, 0.2) is 0 Å². The molecular weight excluding hydrogens is 330 g/mol. The average molecular weight is 353 g/mol. The quantitative estimate of drug-likeness (QED) is 0.895. The van der Waals surface area contributed by atoms with Gasteiger partial charge in [0.1, 0.15) is 5.75 Å². The predicted octanol–water partition coefficient (Wildman–Crippen LogP) is 2.26. The molecule has 0 atom stereocenters. The highest BCUT2D eigenvalue weighted by molar-refractivity contribution is 5.97. The second-order valence-corrected chi connectivity index (χ2v) is 6.31. The number of para-hydroxylation sites is 1. The van der Waals surface area contributed by atoms with Crippen LogP contribution in [0.1, 0.15) is 28.9 Å². The lowest BCUT2D eigenvalue weighted by Crippen LogP contribution is -2.43. The number of nitrogens with zero attached hydrogens (tertiary/aromatic N) is 2. The lowest BCUT2D eigenvalue weighted by Gasteiger charge is -2.31. The summed E-state index contributed by atoms with van der Waals surface area (Å²) in [6.45, 7) is 1.57. The van der Waals surface area contributed by atoms with E-state index in [-0.39, 0.29) is 17.7 Å². The van der Waals surface area contributed by atoms with Crippen molar-refractivity contribution in [3.63, 3.8) is 0 Å². The molecule has 2 heterocycles. The summed E-state index contributed by atoms with van der Waals surface area (Å²) in [4.78, 5) is 31.1. The monoisotopic (exact) mass is 353 g/mol. The number of amides is 2. The van der Waals surface area contributed by atoms with Crippen molar-refractivity contribution in [2.45, 2.75) is 19.4 Å². The summed E-state index contributed by atoms with van der Waals surface area (Å²) >= 11 is 0. The van der Waals surface area contributed by atoms with Gasteiger partial charge >= 0.3 is 0 Å². The zero-order chi connectivity index (χ0) is 18.4. The number of likely N-dealkylation sites (tertiary alicyclic amines) is 1. The number of ether oxygens (including phenoxy) is 1. The highest BCUT2D eigenvalue weighted by Crippen LogP contribution is 2.23. The standard InChI is InChI=1S/C20H23N3O3/c1-26-18-8-3-2-7-17(18)20(25)23-12-9-15(10-13-23)19(24)22-14-16-6-4-5-11-21-16/h2-8,11,15H,9-10,12-14H2,1H3,(H,22,24). The van der Waals surface area contributed by atoms with Crippen LogP contribution in [-0.2, 0) is 11.3 Å². The maximum Gasteiger partial charge on any atom is 0.257 e. The predicted molar refractivity (Wildman–Crippen MR) is 97.7 cm³/mol. The van der Waals surface area contributed by atoms with Gasteiger partial charge in [-0.2, -0.15) is 0 Å². The molecule has 6 heteroatoms. The summed E-state index contributed by atoms with van der Waals surface area (Å²) in [5, 5.41) is 2.94. The number of hydrogen-bond donors (Lipinski definition) is 1. The average Bonchev–Trinajstić information content (AvgIpc) is 2.72. The molecule has 136 valence electrons. The molecule has 26 heavy (non-hydrogen) atoms. The Morgan fingerprint density at radius 3 is 2.58 bits per heavy atom. The fourth-order valence-corrected chi connectivity index (χ4v) is 3.16. The van der Waals surface area contributed by atoms with Crippen molar-refractivity contribution in [3.05, 3.63) is 59.9 Å². The largest absolute Gasteiger partial charge is 0.496 e. The van der Waals surface area contributed by atoms with Gasteiger partial charge in [0, 0.05) is 25.2 Å². The van der Waals surface area contributed by atoms with E-state index in [9.17, 15) is 9.59 Å². The fraction of sp³-hybridized carbons (Fsp3) is 0.350. The summed E-state index contributed by atoms with van der Waals surface area (Å²) in [5.74, 6) is 0.489. The molecule has 0 saturated carbocycles. The van der Waals surface area contributed by atoms with Crippen molar-refractivity contribution in [1.82, 2.24) is 15.2 Å². The number of methoxy groups -OCH3 is 1. The van der Waals surface area contributed by atoms with Gasteiger partial charge in [-0.05, 0) is 37.1 Å². The minimum absolute atomic E-state index is 0.0278. The molecule has 0 unspecified atom stereocenters. The molecular formula is C20H23N3O3. The van der Waals surface area contributed by atoms with Crippen LogP contribution < -0.4 is 10.1 Å². The summed E-state index contributed by atoms with van der Waals surface area (Å²) in [5.41, 5.74) is 1.40. The topological polar surface area (TPSA) is 71.5 Å². The summed E-state index contributed by atoms with van der Waals surface area (Å²) < 4.78 is 5.27. The molecule has 6 nitrogen and oxygen atoms in total. The lowest BCUT2D eigenvalue weighted by molar-refractivity contribution is -0.126. The van der Waals surface area contributed by atoms with E-state index in [2.05, 4.69) is 10.3 Å². The molecule has 0 bridgehead atoms. The zero-order valence-electron chi connectivity index (χ0n) is 14.9. The Hall–Kier alpha value is -2.89. The van der Waals surface area contributed by atoms with Crippen molar-refractivity contribution in [3.8, 4) is 5.75 Å². The van der Waals surface area contributed by atoms with Gasteiger partial charge in [-0.3, -0.25) is 14.6 Å². The molecule has 1 saturated heterocycles. The molecule has 2 amide bonds. The van der Waals surface area contributed by atoms with Crippen LogP contribution >= 0.6 is 0 Å². The van der Waals surface area contributed by atoms with Crippen LogP contribution in [0.4, 0.5) is 0 Å². The van der Waals surface area contributed by atoms with Crippen molar-refractivity contribution in [1.29, 1.82) is 0 Å². The molecule has 1 fully saturated rings. The molecule has 1 aliphatic rings. The normalized spacial score (nSPS) is 14.7. The van der Waals surface area contributed by atoms with Crippen molar-refractivity contribution < 1.29 is 14.3 Å². The zero-order valence-corrected chi connectivity index (χ0v) is 14.9. The maximum atomic E-state index is 12.7. The van der Waals surface area contributed by atoms with E-state index in [4.69, 9.17) is 4.74 Å². The molecule has 0 radical (unpaired) electrons. The van der Waals surface area contributed by atoms with E-state index < -0.39 is 0 Å². The number of benzene rings is 1. The lowest BCUT2D eigenvalue weighted by atomic mass is 9.95. The molecule has 1 N–H and O–H groups in total. The Bertz CT molecular complexity index is 756. The molecule has 0 aliphatic carbocycles.